The molecular formula is C8H4F2N2O2. The Morgan fingerprint density at radius 2 is 2.00 bits per heavy atom. The molecule has 5 aromatic rings. The van der Waals surface area contributed by atoms with Gasteiger partial charge in [0.25, 0.3) is 0 Å². The molecule has 0 atom stereocenters. The first-order chi connectivity index (χ1) is 6.66. The maximum atomic E-state index is 11.9. The molecule has 4 nitrogen and oxygen atoms in total. The molecule has 6 heteroatoms. The third-order valence-electron chi connectivity index (χ3n) is 2.20. The lowest BCUT2D eigenvalue weighted by atomic mass is 10.2. The lowest BCUT2D eigenvalue weighted by molar-refractivity contribution is -0.0516. The number of aromatic amines is 1. The van der Waals surface area contributed by atoms with Crippen LogP contribution in [0.3, 0.4) is 0 Å². The molecule has 0 radical (unpaired) electrons. The van der Waals surface area contributed by atoms with Gasteiger partial charge in [-0.25, -0.2) is 0 Å². The number of alkyl halides is 2. The number of halogens is 2. The van der Waals surface area contributed by atoms with E-state index in [2.05, 4.69) is 9.84 Å². The Bertz CT molecular complexity index is 591. The van der Waals surface area contributed by atoms with E-state index in [9.17, 15) is 13.6 Å². The molecule has 0 saturated carbocycles. The largest absolute Gasteiger partial charge is 0.417 e. The fraction of sp³-hybridized carbons (Fsp3) is 0.125. The molecule has 0 amide bonds. The summed E-state index contributed by atoms with van der Waals surface area (Å²) in [5.74, 6) is 0.0185. The van der Waals surface area contributed by atoms with E-state index in [1.165, 1.54) is 16.6 Å². The van der Waals surface area contributed by atoms with Gasteiger partial charge in [0.05, 0.1) is 16.4 Å². The molecule has 5 rings (SSSR count). The van der Waals surface area contributed by atoms with Gasteiger partial charge in [0.1, 0.15) is 0 Å². The second-order valence-corrected chi connectivity index (χ2v) is 2.99. The van der Waals surface area contributed by atoms with Crippen LogP contribution in [-0.2, 0) is 0 Å². The fourth-order valence-electron chi connectivity index (χ4n) is 1.70. The molecule has 0 aliphatic carbocycles. The van der Waals surface area contributed by atoms with Gasteiger partial charge in [-0.3, -0.25) is 14.4 Å². The Morgan fingerprint density at radius 1 is 1.36 bits per heavy atom. The summed E-state index contributed by atoms with van der Waals surface area (Å²) in [7, 11) is 0. The second-order valence-electron chi connectivity index (χ2n) is 2.99. The molecule has 0 aliphatic rings. The molecule has 4 aromatic heterocycles. The van der Waals surface area contributed by atoms with Gasteiger partial charge in [-0.05, 0) is 0 Å². The molecule has 4 bridgehead atoms. The quantitative estimate of drug-likeness (QED) is 0.673. The number of hydrogen-bond acceptors (Lipinski definition) is 2. The molecule has 1 aromatic carbocycles. The lowest BCUT2D eigenvalue weighted by Crippen LogP contribution is -2.05. The number of rotatable bonds is 2. The van der Waals surface area contributed by atoms with Crippen molar-refractivity contribution in [1.82, 2.24) is 9.61 Å². The van der Waals surface area contributed by atoms with Crippen molar-refractivity contribution in [2.75, 3.05) is 0 Å². The fourth-order valence-corrected chi connectivity index (χ4v) is 1.70. The number of aromatic nitrogens is 2. The summed E-state index contributed by atoms with van der Waals surface area (Å²) in [4.78, 5) is 10.9. The molecular weight excluding hydrogens is 194 g/mol. The van der Waals surface area contributed by atoms with E-state index in [0.717, 1.165) is 0 Å². The summed E-state index contributed by atoms with van der Waals surface area (Å²) in [6.45, 7) is -2.86. The Morgan fingerprint density at radius 3 is 2.57 bits per heavy atom. The zero-order valence-electron chi connectivity index (χ0n) is 6.75. The second kappa shape index (κ2) is 2.14. The molecule has 72 valence electrons. The smallest absolute Gasteiger partial charge is 0.388 e. The monoisotopic (exact) mass is 198 g/mol. The van der Waals surface area contributed by atoms with Gasteiger partial charge in [0, 0.05) is 12.1 Å². The Hall–Kier alpha value is -1.85. The van der Waals surface area contributed by atoms with Crippen LogP contribution in [0, 0.1) is 0 Å². The number of nitrogens with zero attached hydrogens (tertiary/aromatic N) is 1. The van der Waals surface area contributed by atoms with E-state index < -0.39 is 6.61 Å². The summed E-state index contributed by atoms with van der Waals surface area (Å²) in [5, 5.41) is 3.16. The van der Waals surface area contributed by atoms with Crippen LogP contribution in [0.4, 0.5) is 8.78 Å². The van der Waals surface area contributed by atoms with Crippen LogP contribution in [0.5, 0.6) is 5.88 Å². The van der Waals surface area contributed by atoms with Gasteiger partial charge in [-0.1, -0.05) is 0 Å². The zero-order chi connectivity index (χ0) is 9.87. The van der Waals surface area contributed by atoms with Crippen LogP contribution in [0.15, 0.2) is 16.9 Å². The summed E-state index contributed by atoms with van der Waals surface area (Å²) < 4.78 is 29.6. The number of pyridine rings is 1. The molecule has 0 fully saturated rings. The highest BCUT2D eigenvalue weighted by Gasteiger charge is 2.22. The van der Waals surface area contributed by atoms with Crippen LogP contribution >= 0.6 is 0 Å². The van der Waals surface area contributed by atoms with Crippen molar-refractivity contribution in [3.8, 4) is 5.88 Å². The van der Waals surface area contributed by atoms with Crippen LogP contribution in [0.1, 0.15) is 0 Å². The van der Waals surface area contributed by atoms with Crippen molar-refractivity contribution in [3.63, 3.8) is 0 Å². The van der Waals surface area contributed by atoms with E-state index in [4.69, 9.17) is 0 Å². The van der Waals surface area contributed by atoms with Gasteiger partial charge < -0.3 is 4.74 Å². The highest BCUT2D eigenvalue weighted by Crippen LogP contribution is 2.35. The molecule has 0 spiro atoms. The predicted molar refractivity (Wildman–Crippen MR) is 44.5 cm³/mol. The van der Waals surface area contributed by atoms with E-state index in [1.54, 1.807) is 0 Å². The molecule has 0 aliphatic heterocycles. The third-order valence-corrected chi connectivity index (χ3v) is 2.20. The Balaban J connectivity index is 2.22. The molecule has 4 heterocycles. The first-order valence-corrected chi connectivity index (χ1v) is 3.91. The highest BCUT2D eigenvalue weighted by atomic mass is 19.3. The minimum atomic E-state index is -2.86. The lowest BCUT2D eigenvalue weighted by Gasteiger charge is -2.04. The first kappa shape index (κ1) is 7.54. The van der Waals surface area contributed by atoms with Crippen LogP contribution in [0.2, 0.25) is 0 Å². The SMILES string of the molecule is O=c1cc2c3c(OC(F)F)[nH]n2c3c1. The van der Waals surface area contributed by atoms with E-state index in [-0.39, 0.29) is 11.3 Å². The van der Waals surface area contributed by atoms with Crippen molar-refractivity contribution in [2.45, 2.75) is 6.61 Å². The number of benzene rings is 1. The average Bonchev–Trinajstić information content (AvgIpc) is 2.59. The minimum Gasteiger partial charge on any atom is -0.417 e. The summed E-state index contributed by atoms with van der Waals surface area (Å²) >= 11 is 0. The third kappa shape index (κ3) is 0.729. The van der Waals surface area contributed by atoms with Gasteiger partial charge in [0.2, 0.25) is 5.88 Å². The maximum absolute atomic E-state index is 11.9. The predicted octanol–water partition coefficient (Wildman–Crippen LogP) is 1.26. The summed E-state index contributed by atoms with van der Waals surface area (Å²) in [5.41, 5.74) is 1.07. The topological polar surface area (TPSA) is 46.5 Å². The highest BCUT2D eigenvalue weighted by molar-refractivity contribution is 6.06. The van der Waals surface area contributed by atoms with Crippen LogP contribution < -0.4 is 10.2 Å². The number of nitrogens with one attached hydrogen (secondary N) is 1. The van der Waals surface area contributed by atoms with Crippen molar-refractivity contribution in [1.29, 1.82) is 0 Å². The van der Waals surface area contributed by atoms with E-state index in [0.29, 0.717) is 16.4 Å². The Kier molecular flexibility index (Phi) is 1.16. The number of fused-ring (bicyclic) bond motifs is 3. The molecule has 0 saturated heterocycles. The van der Waals surface area contributed by atoms with Crippen molar-refractivity contribution in [3.05, 3.63) is 22.4 Å². The van der Waals surface area contributed by atoms with Crippen LogP contribution in [0.25, 0.3) is 16.4 Å². The first-order valence-electron chi connectivity index (χ1n) is 3.91. The van der Waals surface area contributed by atoms with E-state index in [1.807, 2.05) is 0 Å². The number of hydrogen-bond donors (Lipinski definition) is 1. The van der Waals surface area contributed by atoms with Gasteiger partial charge in [0.15, 0.2) is 5.43 Å². The molecule has 1 N–H and O–H groups in total. The van der Waals surface area contributed by atoms with Crippen LogP contribution in [-0.4, -0.2) is 16.2 Å². The number of ether oxygens (including phenoxy) is 1. The van der Waals surface area contributed by atoms with Gasteiger partial charge in [-0.2, -0.15) is 8.78 Å². The standard InChI is InChI=1S/C8H4F2N2O2/c9-8(10)14-7-6-4-1-3(13)2-5(6)12(4)11-7/h1-2,8,11H. The van der Waals surface area contributed by atoms with Crippen molar-refractivity contribution < 1.29 is 13.5 Å². The summed E-state index contributed by atoms with van der Waals surface area (Å²) in [6, 6.07) is 2.74. The number of H-pyrrole nitrogens is 1. The Labute approximate surface area is 75.3 Å². The van der Waals surface area contributed by atoms with Crippen molar-refractivity contribution >= 4 is 16.4 Å². The average molecular weight is 198 g/mol. The van der Waals surface area contributed by atoms with Gasteiger partial charge >= 0.3 is 6.61 Å². The molecule has 0 unspecified atom stereocenters. The molecule has 14 heavy (non-hydrogen) atoms. The zero-order valence-corrected chi connectivity index (χ0v) is 6.75. The van der Waals surface area contributed by atoms with Gasteiger partial charge in [-0.15, -0.1) is 0 Å². The normalized spacial score (nSPS) is 12.5. The van der Waals surface area contributed by atoms with E-state index >= 15 is 0 Å². The summed E-state index contributed by atoms with van der Waals surface area (Å²) in [6.07, 6.45) is 0. The minimum absolute atomic E-state index is 0.0185. The van der Waals surface area contributed by atoms with Crippen molar-refractivity contribution in [2.24, 2.45) is 0 Å². The maximum Gasteiger partial charge on any atom is 0.388 e.